The summed E-state index contributed by atoms with van der Waals surface area (Å²) in [5, 5.41) is 6.40. The monoisotopic (exact) mass is 293 g/mol. The van der Waals surface area contributed by atoms with E-state index < -0.39 is 0 Å². The van der Waals surface area contributed by atoms with Gasteiger partial charge in [-0.3, -0.25) is 4.98 Å². The van der Waals surface area contributed by atoms with E-state index in [0.29, 0.717) is 0 Å². The number of thiazole rings is 1. The summed E-state index contributed by atoms with van der Waals surface area (Å²) in [6.45, 7) is 6.47. The second-order valence-electron chi connectivity index (χ2n) is 5.82. The van der Waals surface area contributed by atoms with Crippen LogP contribution in [0.25, 0.3) is 0 Å². The third-order valence-corrected chi connectivity index (χ3v) is 4.03. The fraction of sp³-hybridized carbons (Fsp3) is 0.467. The van der Waals surface area contributed by atoms with Crippen LogP contribution in [0.4, 0.5) is 4.39 Å². The summed E-state index contributed by atoms with van der Waals surface area (Å²) < 4.78 is 12.9. The number of pyridine rings is 1. The molecule has 2 aromatic heterocycles. The van der Waals surface area contributed by atoms with Crippen molar-refractivity contribution in [3.63, 3.8) is 0 Å². The molecule has 0 fully saturated rings. The number of nitrogens with zero attached hydrogens (tertiary/aromatic N) is 2. The molecule has 0 aromatic carbocycles. The lowest BCUT2D eigenvalue weighted by atomic mass is 9.93. The Labute approximate surface area is 123 Å². The van der Waals surface area contributed by atoms with Crippen LogP contribution >= 0.6 is 11.3 Å². The molecule has 0 bridgehead atoms. The Balaban J connectivity index is 2.14. The highest BCUT2D eigenvalue weighted by Gasteiger charge is 2.19. The number of rotatable bonds is 4. The highest BCUT2D eigenvalue weighted by Crippen LogP contribution is 2.26. The standard InChI is InChI=1S/C15H20FN3S/c1-15(2,3)13-9-20-14(19-13)7-12(17-4)11-6-5-10(16)8-18-11/h5-6,8-9,12,17H,7H2,1-4H3. The van der Waals surface area contributed by atoms with Gasteiger partial charge in [-0.05, 0) is 19.2 Å². The maximum absolute atomic E-state index is 12.9. The van der Waals surface area contributed by atoms with Crippen LogP contribution in [0.5, 0.6) is 0 Å². The maximum Gasteiger partial charge on any atom is 0.141 e. The summed E-state index contributed by atoms with van der Waals surface area (Å²) in [4.78, 5) is 8.83. The van der Waals surface area contributed by atoms with E-state index in [1.807, 2.05) is 7.05 Å². The number of hydrogen-bond acceptors (Lipinski definition) is 4. The molecule has 2 aromatic rings. The lowest BCUT2D eigenvalue weighted by Gasteiger charge is -2.15. The zero-order chi connectivity index (χ0) is 14.8. The SMILES string of the molecule is CNC(Cc1nc(C(C)(C)C)cs1)c1ccc(F)cn1. The van der Waals surface area contributed by atoms with Crippen molar-refractivity contribution in [3.8, 4) is 0 Å². The van der Waals surface area contributed by atoms with Gasteiger partial charge in [0.05, 0.1) is 28.6 Å². The fourth-order valence-electron chi connectivity index (χ4n) is 1.87. The van der Waals surface area contributed by atoms with Gasteiger partial charge in [0.15, 0.2) is 0 Å². The predicted octanol–water partition coefficient (Wildman–Crippen LogP) is 3.48. The molecular weight excluding hydrogens is 273 g/mol. The molecule has 0 aliphatic carbocycles. The molecule has 108 valence electrons. The highest BCUT2D eigenvalue weighted by molar-refractivity contribution is 7.09. The number of likely N-dealkylation sites (N-methyl/N-ethyl adjacent to an activating group) is 1. The molecular formula is C15H20FN3S. The van der Waals surface area contributed by atoms with Crippen molar-refractivity contribution in [1.29, 1.82) is 0 Å². The molecule has 0 saturated carbocycles. The smallest absolute Gasteiger partial charge is 0.141 e. The average molecular weight is 293 g/mol. The summed E-state index contributed by atoms with van der Waals surface area (Å²) in [6, 6.07) is 3.21. The highest BCUT2D eigenvalue weighted by atomic mass is 32.1. The number of aromatic nitrogens is 2. The Morgan fingerprint density at radius 3 is 2.60 bits per heavy atom. The van der Waals surface area contributed by atoms with Gasteiger partial charge in [-0.2, -0.15) is 0 Å². The molecule has 0 saturated heterocycles. The zero-order valence-corrected chi connectivity index (χ0v) is 13.1. The Hall–Kier alpha value is -1.33. The Morgan fingerprint density at radius 1 is 1.35 bits per heavy atom. The minimum absolute atomic E-state index is 0.0505. The molecule has 0 aliphatic heterocycles. The van der Waals surface area contributed by atoms with Crippen LogP contribution in [0.3, 0.4) is 0 Å². The van der Waals surface area contributed by atoms with Gasteiger partial charge in [0.25, 0.3) is 0 Å². The molecule has 5 heteroatoms. The van der Waals surface area contributed by atoms with E-state index in [0.717, 1.165) is 22.8 Å². The van der Waals surface area contributed by atoms with Crippen molar-refractivity contribution in [2.24, 2.45) is 0 Å². The minimum Gasteiger partial charge on any atom is -0.311 e. The first-order chi connectivity index (χ1) is 9.40. The molecule has 0 radical (unpaired) electrons. The van der Waals surface area contributed by atoms with Crippen molar-refractivity contribution in [1.82, 2.24) is 15.3 Å². The Morgan fingerprint density at radius 2 is 2.10 bits per heavy atom. The van der Waals surface area contributed by atoms with Crippen molar-refractivity contribution >= 4 is 11.3 Å². The van der Waals surface area contributed by atoms with E-state index >= 15 is 0 Å². The first-order valence-corrected chi connectivity index (χ1v) is 7.51. The van der Waals surface area contributed by atoms with E-state index in [1.54, 1.807) is 17.4 Å². The maximum atomic E-state index is 12.9. The van der Waals surface area contributed by atoms with E-state index in [4.69, 9.17) is 0 Å². The molecule has 0 aliphatic rings. The van der Waals surface area contributed by atoms with Gasteiger partial charge in [0, 0.05) is 17.2 Å². The van der Waals surface area contributed by atoms with Crippen LogP contribution in [0.2, 0.25) is 0 Å². The topological polar surface area (TPSA) is 37.8 Å². The van der Waals surface area contributed by atoms with Gasteiger partial charge in [-0.25, -0.2) is 9.37 Å². The molecule has 1 atom stereocenters. The third-order valence-electron chi connectivity index (χ3n) is 3.15. The number of halogens is 1. The van der Waals surface area contributed by atoms with E-state index in [-0.39, 0.29) is 17.3 Å². The van der Waals surface area contributed by atoms with Crippen molar-refractivity contribution < 1.29 is 4.39 Å². The van der Waals surface area contributed by atoms with Crippen LogP contribution in [-0.2, 0) is 11.8 Å². The normalized spacial score (nSPS) is 13.4. The van der Waals surface area contributed by atoms with Gasteiger partial charge >= 0.3 is 0 Å². The summed E-state index contributed by atoms with van der Waals surface area (Å²) >= 11 is 1.66. The third kappa shape index (κ3) is 3.61. The molecule has 1 N–H and O–H groups in total. The largest absolute Gasteiger partial charge is 0.311 e. The van der Waals surface area contributed by atoms with Crippen LogP contribution in [0.1, 0.15) is 43.2 Å². The molecule has 0 amide bonds. The predicted molar refractivity (Wildman–Crippen MR) is 80.5 cm³/mol. The Kier molecular flexibility index (Phi) is 4.50. The van der Waals surface area contributed by atoms with Gasteiger partial charge in [0.2, 0.25) is 0 Å². The van der Waals surface area contributed by atoms with Crippen LogP contribution < -0.4 is 5.32 Å². The summed E-state index contributed by atoms with van der Waals surface area (Å²) in [6.07, 6.45) is 2.01. The Bertz CT molecular complexity index is 557. The van der Waals surface area contributed by atoms with Crippen LogP contribution in [-0.4, -0.2) is 17.0 Å². The number of hydrogen-bond donors (Lipinski definition) is 1. The second kappa shape index (κ2) is 5.97. The second-order valence-corrected chi connectivity index (χ2v) is 6.77. The van der Waals surface area contributed by atoms with Gasteiger partial charge < -0.3 is 5.32 Å². The van der Waals surface area contributed by atoms with Gasteiger partial charge in [0.1, 0.15) is 5.82 Å². The summed E-state index contributed by atoms with van der Waals surface area (Å²) in [7, 11) is 1.88. The lowest BCUT2D eigenvalue weighted by molar-refractivity contribution is 0.551. The van der Waals surface area contributed by atoms with E-state index in [1.165, 1.54) is 12.3 Å². The quantitative estimate of drug-likeness (QED) is 0.938. The van der Waals surface area contributed by atoms with Crippen LogP contribution in [0, 0.1) is 5.82 Å². The first-order valence-electron chi connectivity index (χ1n) is 6.64. The number of nitrogens with one attached hydrogen (secondary N) is 1. The van der Waals surface area contributed by atoms with E-state index in [9.17, 15) is 4.39 Å². The molecule has 2 rings (SSSR count). The molecule has 1 unspecified atom stereocenters. The minimum atomic E-state index is -0.312. The first kappa shape index (κ1) is 15.1. The lowest BCUT2D eigenvalue weighted by Crippen LogP contribution is -2.20. The molecule has 2 heterocycles. The molecule has 20 heavy (non-hydrogen) atoms. The molecule has 0 spiro atoms. The van der Waals surface area contributed by atoms with Crippen LogP contribution in [0.15, 0.2) is 23.7 Å². The summed E-state index contributed by atoms with van der Waals surface area (Å²) in [5.41, 5.74) is 2.01. The fourth-order valence-corrected chi connectivity index (χ4v) is 2.94. The average Bonchev–Trinajstić information content (AvgIpc) is 2.85. The van der Waals surface area contributed by atoms with Crippen molar-refractivity contribution in [3.05, 3.63) is 45.9 Å². The van der Waals surface area contributed by atoms with E-state index in [2.05, 4.69) is 41.4 Å². The van der Waals surface area contributed by atoms with Crippen molar-refractivity contribution in [2.75, 3.05) is 7.05 Å². The van der Waals surface area contributed by atoms with Gasteiger partial charge in [-0.1, -0.05) is 20.8 Å². The van der Waals surface area contributed by atoms with Crippen molar-refractivity contribution in [2.45, 2.75) is 38.6 Å². The molecule has 3 nitrogen and oxygen atoms in total. The zero-order valence-electron chi connectivity index (χ0n) is 12.3. The summed E-state index contributed by atoms with van der Waals surface area (Å²) in [5.74, 6) is -0.312. The van der Waals surface area contributed by atoms with Gasteiger partial charge in [-0.15, -0.1) is 11.3 Å².